The van der Waals surface area contributed by atoms with Crippen molar-refractivity contribution in [1.82, 2.24) is 4.90 Å². The third-order valence-electron chi connectivity index (χ3n) is 5.89. The lowest BCUT2D eigenvalue weighted by molar-refractivity contribution is -0.0844. The largest absolute Gasteiger partial charge is 0.379 e. The quantitative estimate of drug-likeness (QED) is 0.110. The summed E-state index contributed by atoms with van der Waals surface area (Å²) in [5, 5.41) is 19.2. The first-order valence-electron chi connectivity index (χ1n) is 12.9. The van der Waals surface area contributed by atoms with E-state index in [1.807, 2.05) is 0 Å². The molecule has 0 aromatic carbocycles. The Balaban J connectivity index is 3.23. The van der Waals surface area contributed by atoms with Crippen LogP contribution in [-0.4, -0.2) is 34.1 Å². The number of hydrogen-bond acceptors (Lipinski definition) is 3. The SMILES string of the molecule is CCCCCCCC/C=C\CCCCCCCCCCCCN(C(C)O)C(C)O. The van der Waals surface area contributed by atoms with E-state index in [4.69, 9.17) is 0 Å². The first-order valence-corrected chi connectivity index (χ1v) is 12.9. The fourth-order valence-corrected chi connectivity index (χ4v) is 3.93. The standard InChI is InChI=1S/C26H53NO2/c1-4-5-6-7-8-9-10-11-12-13-14-15-16-17-18-19-20-21-22-23-24-27(25(2)28)26(3)29/h11-12,25-26,28-29H,4-10,13-24H2,1-3H3/b12-11-. The molecule has 29 heavy (non-hydrogen) atoms. The van der Waals surface area contributed by atoms with Crippen LogP contribution in [0.4, 0.5) is 0 Å². The summed E-state index contributed by atoms with van der Waals surface area (Å²) in [5.74, 6) is 0. The van der Waals surface area contributed by atoms with Crippen molar-refractivity contribution in [2.24, 2.45) is 0 Å². The Kier molecular flexibility index (Phi) is 22.0. The van der Waals surface area contributed by atoms with Gasteiger partial charge in [0.05, 0.1) is 0 Å². The molecule has 0 radical (unpaired) electrons. The zero-order valence-electron chi connectivity index (χ0n) is 20.1. The van der Waals surface area contributed by atoms with E-state index in [2.05, 4.69) is 19.1 Å². The van der Waals surface area contributed by atoms with Crippen LogP contribution in [0.5, 0.6) is 0 Å². The van der Waals surface area contributed by atoms with Gasteiger partial charge in [-0.25, -0.2) is 0 Å². The molecule has 0 fully saturated rings. The molecule has 0 aromatic heterocycles. The molecule has 3 heteroatoms. The van der Waals surface area contributed by atoms with E-state index in [0.29, 0.717) is 0 Å². The molecule has 2 unspecified atom stereocenters. The van der Waals surface area contributed by atoms with Gasteiger partial charge in [-0.2, -0.15) is 0 Å². The molecule has 174 valence electrons. The molecular weight excluding hydrogens is 358 g/mol. The second kappa shape index (κ2) is 22.3. The Bertz CT molecular complexity index is 334. The molecule has 0 aromatic rings. The molecule has 0 spiro atoms. The van der Waals surface area contributed by atoms with E-state index in [0.717, 1.165) is 13.0 Å². The average molecular weight is 412 g/mol. The van der Waals surface area contributed by atoms with E-state index in [1.165, 1.54) is 109 Å². The predicted molar refractivity (Wildman–Crippen MR) is 128 cm³/mol. The Labute approximate surface area is 183 Å². The van der Waals surface area contributed by atoms with E-state index >= 15 is 0 Å². The van der Waals surface area contributed by atoms with E-state index < -0.39 is 12.5 Å². The summed E-state index contributed by atoms with van der Waals surface area (Å²) in [7, 11) is 0. The second-order valence-corrected chi connectivity index (χ2v) is 8.85. The lowest BCUT2D eigenvalue weighted by Crippen LogP contribution is -2.40. The minimum atomic E-state index is -0.564. The summed E-state index contributed by atoms with van der Waals surface area (Å²) >= 11 is 0. The van der Waals surface area contributed by atoms with Crippen molar-refractivity contribution in [1.29, 1.82) is 0 Å². The molecule has 0 aliphatic heterocycles. The van der Waals surface area contributed by atoms with Gasteiger partial charge in [0.25, 0.3) is 0 Å². The molecule has 0 heterocycles. The van der Waals surface area contributed by atoms with Crippen LogP contribution in [0.3, 0.4) is 0 Å². The van der Waals surface area contributed by atoms with Gasteiger partial charge in [-0.1, -0.05) is 103 Å². The van der Waals surface area contributed by atoms with E-state index in [-0.39, 0.29) is 0 Å². The van der Waals surface area contributed by atoms with Crippen molar-refractivity contribution in [2.75, 3.05) is 6.54 Å². The van der Waals surface area contributed by atoms with Crippen LogP contribution in [0.1, 0.15) is 136 Å². The molecule has 0 saturated heterocycles. The Morgan fingerprint density at radius 3 is 1.28 bits per heavy atom. The van der Waals surface area contributed by atoms with Gasteiger partial charge in [-0.15, -0.1) is 0 Å². The van der Waals surface area contributed by atoms with Crippen LogP contribution < -0.4 is 0 Å². The van der Waals surface area contributed by atoms with Crippen molar-refractivity contribution in [3.05, 3.63) is 12.2 Å². The monoisotopic (exact) mass is 411 g/mol. The van der Waals surface area contributed by atoms with Gasteiger partial charge in [0.15, 0.2) is 0 Å². The van der Waals surface area contributed by atoms with Gasteiger partial charge in [0.1, 0.15) is 12.5 Å². The molecule has 3 nitrogen and oxygen atoms in total. The van der Waals surface area contributed by atoms with Crippen LogP contribution in [0.15, 0.2) is 12.2 Å². The summed E-state index contributed by atoms with van der Waals surface area (Å²) < 4.78 is 0. The molecular formula is C26H53NO2. The summed E-state index contributed by atoms with van der Waals surface area (Å²) in [6, 6.07) is 0. The van der Waals surface area contributed by atoms with Gasteiger partial charge in [0, 0.05) is 6.54 Å². The highest BCUT2D eigenvalue weighted by Gasteiger charge is 2.14. The summed E-state index contributed by atoms with van der Waals surface area (Å²) in [6.45, 7) is 6.50. The average Bonchev–Trinajstić information content (AvgIpc) is 2.68. The maximum absolute atomic E-state index is 9.60. The Morgan fingerprint density at radius 1 is 0.552 bits per heavy atom. The first kappa shape index (κ1) is 28.6. The molecule has 0 aliphatic carbocycles. The van der Waals surface area contributed by atoms with Gasteiger partial charge < -0.3 is 10.2 Å². The fourth-order valence-electron chi connectivity index (χ4n) is 3.93. The molecule has 2 N–H and O–H groups in total. The van der Waals surface area contributed by atoms with Crippen molar-refractivity contribution in [2.45, 2.75) is 149 Å². The van der Waals surface area contributed by atoms with Crippen molar-refractivity contribution < 1.29 is 10.2 Å². The molecule has 0 bridgehead atoms. The summed E-state index contributed by atoms with van der Waals surface area (Å²) in [6.07, 6.45) is 27.7. The summed E-state index contributed by atoms with van der Waals surface area (Å²) in [4.78, 5) is 1.74. The molecule has 0 saturated carbocycles. The fraction of sp³-hybridized carbons (Fsp3) is 0.923. The normalized spacial score (nSPS) is 14.1. The van der Waals surface area contributed by atoms with Crippen LogP contribution in [-0.2, 0) is 0 Å². The third-order valence-corrected chi connectivity index (χ3v) is 5.89. The van der Waals surface area contributed by atoms with E-state index in [9.17, 15) is 10.2 Å². The van der Waals surface area contributed by atoms with Gasteiger partial charge >= 0.3 is 0 Å². The van der Waals surface area contributed by atoms with Crippen molar-refractivity contribution >= 4 is 0 Å². The number of aliphatic hydroxyl groups is 2. The Morgan fingerprint density at radius 2 is 0.897 bits per heavy atom. The predicted octanol–water partition coefficient (Wildman–Crippen LogP) is 7.56. The Hall–Kier alpha value is -0.380. The lowest BCUT2D eigenvalue weighted by Gasteiger charge is -2.27. The third kappa shape index (κ3) is 20.7. The molecule has 2 atom stereocenters. The maximum atomic E-state index is 9.60. The van der Waals surface area contributed by atoms with Gasteiger partial charge in [-0.05, 0) is 46.0 Å². The number of aliphatic hydroxyl groups excluding tert-OH is 2. The van der Waals surface area contributed by atoms with Gasteiger partial charge in [0.2, 0.25) is 0 Å². The molecule has 0 amide bonds. The van der Waals surface area contributed by atoms with Gasteiger partial charge in [-0.3, -0.25) is 4.90 Å². The van der Waals surface area contributed by atoms with Crippen LogP contribution >= 0.6 is 0 Å². The topological polar surface area (TPSA) is 43.7 Å². The van der Waals surface area contributed by atoms with Crippen LogP contribution in [0, 0.1) is 0 Å². The minimum Gasteiger partial charge on any atom is -0.379 e. The lowest BCUT2D eigenvalue weighted by atomic mass is 10.1. The number of rotatable bonds is 22. The summed E-state index contributed by atoms with van der Waals surface area (Å²) in [5.41, 5.74) is 0. The van der Waals surface area contributed by atoms with E-state index in [1.54, 1.807) is 18.7 Å². The number of hydrogen-bond donors (Lipinski definition) is 2. The first-order chi connectivity index (χ1) is 14.1. The van der Waals surface area contributed by atoms with Crippen LogP contribution in [0.25, 0.3) is 0 Å². The molecule has 0 aliphatic rings. The number of nitrogens with zero attached hydrogens (tertiary/aromatic N) is 1. The highest BCUT2D eigenvalue weighted by molar-refractivity contribution is 4.81. The highest BCUT2D eigenvalue weighted by Crippen LogP contribution is 2.13. The maximum Gasteiger partial charge on any atom is 0.106 e. The number of unbranched alkanes of at least 4 members (excludes halogenated alkanes) is 16. The minimum absolute atomic E-state index is 0.564. The highest BCUT2D eigenvalue weighted by atomic mass is 16.3. The molecule has 0 rings (SSSR count). The van der Waals surface area contributed by atoms with Crippen LogP contribution in [0.2, 0.25) is 0 Å². The smallest absolute Gasteiger partial charge is 0.106 e. The zero-order chi connectivity index (χ0) is 21.6. The number of allylic oxidation sites excluding steroid dienone is 2. The van der Waals surface area contributed by atoms with Crippen molar-refractivity contribution in [3.63, 3.8) is 0 Å². The zero-order valence-corrected chi connectivity index (χ0v) is 20.1. The second-order valence-electron chi connectivity index (χ2n) is 8.85. The van der Waals surface area contributed by atoms with Crippen molar-refractivity contribution in [3.8, 4) is 0 Å².